The van der Waals surface area contributed by atoms with Crippen molar-refractivity contribution in [1.82, 2.24) is 14.8 Å². The predicted molar refractivity (Wildman–Crippen MR) is 77.6 cm³/mol. The largest absolute Gasteiger partial charge is 0.494 e. The number of hydrogen-bond donors (Lipinski definition) is 0. The monoisotopic (exact) mass is 291 g/mol. The molecule has 0 bridgehead atoms. The highest BCUT2D eigenvalue weighted by atomic mass is 16.5. The number of methoxy groups -OCH3 is 1. The number of carbonyl (C=O) groups excluding carboxylic acids is 1. The average Bonchev–Trinajstić information content (AvgIpc) is 2.46. The van der Waals surface area contributed by atoms with E-state index < -0.39 is 0 Å². The Morgan fingerprint density at radius 1 is 1.38 bits per heavy atom. The topological polar surface area (TPSA) is 54.9 Å². The Morgan fingerprint density at radius 3 is 2.76 bits per heavy atom. The first-order valence-corrected chi connectivity index (χ1v) is 7.30. The van der Waals surface area contributed by atoms with Crippen LogP contribution in [-0.2, 0) is 4.74 Å². The van der Waals surface area contributed by atoms with Crippen LogP contribution in [0.2, 0.25) is 0 Å². The lowest BCUT2D eigenvalue weighted by atomic mass is 10.0. The van der Waals surface area contributed by atoms with Crippen molar-refractivity contribution in [3.8, 4) is 5.75 Å². The van der Waals surface area contributed by atoms with Crippen LogP contribution in [0, 0.1) is 6.92 Å². The lowest BCUT2D eigenvalue weighted by molar-refractivity contribution is -0.0256. The Morgan fingerprint density at radius 2 is 2.10 bits per heavy atom. The maximum atomic E-state index is 12.6. The van der Waals surface area contributed by atoms with Crippen molar-refractivity contribution in [3.63, 3.8) is 0 Å². The minimum absolute atomic E-state index is 0.0295. The number of aromatic nitrogens is 1. The second-order valence-corrected chi connectivity index (χ2v) is 5.54. The molecule has 2 saturated heterocycles. The minimum atomic E-state index is 0.0295. The second-order valence-electron chi connectivity index (χ2n) is 5.54. The normalized spacial score (nSPS) is 20.2. The molecule has 0 unspecified atom stereocenters. The average molecular weight is 291 g/mol. The van der Waals surface area contributed by atoms with E-state index in [0.717, 1.165) is 45.1 Å². The number of likely N-dealkylation sites (tertiary alicyclic amines) is 1. The fourth-order valence-corrected chi connectivity index (χ4v) is 2.84. The first kappa shape index (κ1) is 14.3. The molecule has 1 aromatic rings. The van der Waals surface area contributed by atoms with E-state index in [0.29, 0.717) is 17.4 Å². The van der Waals surface area contributed by atoms with Gasteiger partial charge in [-0.25, -0.2) is 0 Å². The highest BCUT2D eigenvalue weighted by Crippen LogP contribution is 2.24. The van der Waals surface area contributed by atoms with Crippen LogP contribution in [0.1, 0.15) is 16.1 Å². The Balaban J connectivity index is 1.64. The summed E-state index contributed by atoms with van der Waals surface area (Å²) < 4.78 is 10.6. The van der Waals surface area contributed by atoms with E-state index in [-0.39, 0.29) is 5.91 Å². The smallest absolute Gasteiger partial charge is 0.257 e. The van der Waals surface area contributed by atoms with Gasteiger partial charge in [-0.3, -0.25) is 14.7 Å². The molecule has 0 spiro atoms. The van der Waals surface area contributed by atoms with Gasteiger partial charge in [-0.05, 0) is 13.0 Å². The fraction of sp³-hybridized carbons (Fsp3) is 0.600. The molecular formula is C15H21N3O3. The minimum Gasteiger partial charge on any atom is -0.494 e. The molecule has 0 atom stereocenters. The lowest BCUT2D eigenvalue weighted by Gasteiger charge is -2.46. The summed E-state index contributed by atoms with van der Waals surface area (Å²) in [4.78, 5) is 21.0. The first-order chi connectivity index (χ1) is 10.2. The van der Waals surface area contributed by atoms with E-state index in [1.807, 2.05) is 11.8 Å². The number of aryl methyl sites for hydroxylation is 1. The summed E-state index contributed by atoms with van der Waals surface area (Å²) in [6.07, 6.45) is 1.61. The van der Waals surface area contributed by atoms with Crippen LogP contribution in [0.15, 0.2) is 12.3 Å². The van der Waals surface area contributed by atoms with Crippen molar-refractivity contribution in [2.75, 3.05) is 46.5 Å². The van der Waals surface area contributed by atoms with Crippen LogP contribution in [0.5, 0.6) is 5.75 Å². The number of amides is 1. The molecule has 6 heteroatoms. The quantitative estimate of drug-likeness (QED) is 0.814. The van der Waals surface area contributed by atoms with Gasteiger partial charge in [-0.15, -0.1) is 0 Å². The molecular weight excluding hydrogens is 270 g/mol. The number of hydrogen-bond acceptors (Lipinski definition) is 5. The summed E-state index contributed by atoms with van der Waals surface area (Å²) in [5.41, 5.74) is 1.43. The van der Waals surface area contributed by atoms with Crippen LogP contribution in [0.25, 0.3) is 0 Å². The third-order valence-electron chi connectivity index (χ3n) is 4.17. The molecule has 6 nitrogen and oxygen atoms in total. The molecule has 114 valence electrons. The number of rotatable bonds is 3. The molecule has 2 aliphatic heterocycles. The van der Waals surface area contributed by atoms with Gasteiger partial charge in [0.1, 0.15) is 5.75 Å². The zero-order valence-electron chi connectivity index (χ0n) is 12.5. The molecule has 2 aliphatic rings. The highest BCUT2D eigenvalue weighted by molar-refractivity contribution is 5.97. The Bertz CT molecular complexity index is 523. The number of morpholine rings is 1. The molecule has 0 radical (unpaired) electrons. The summed E-state index contributed by atoms with van der Waals surface area (Å²) >= 11 is 0. The van der Waals surface area contributed by atoms with Crippen molar-refractivity contribution in [2.24, 2.45) is 0 Å². The van der Waals surface area contributed by atoms with Gasteiger partial charge in [0.05, 0.1) is 32.1 Å². The highest BCUT2D eigenvalue weighted by Gasteiger charge is 2.36. The molecule has 1 aromatic heterocycles. The summed E-state index contributed by atoms with van der Waals surface area (Å²) in [7, 11) is 1.57. The van der Waals surface area contributed by atoms with Crippen LogP contribution in [-0.4, -0.2) is 73.2 Å². The van der Waals surface area contributed by atoms with E-state index >= 15 is 0 Å². The van der Waals surface area contributed by atoms with Gasteiger partial charge < -0.3 is 14.4 Å². The molecule has 0 aliphatic carbocycles. The molecule has 3 heterocycles. The molecule has 3 rings (SSSR count). The first-order valence-electron chi connectivity index (χ1n) is 7.30. The summed E-state index contributed by atoms with van der Waals surface area (Å²) in [6.45, 7) is 6.95. The third-order valence-corrected chi connectivity index (χ3v) is 4.17. The van der Waals surface area contributed by atoms with E-state index in [9.17, 15) is 4.79 Å². The van der Waals surface area contributed by atoms with Crippen LogP contribution < -0.4 is 4.74 Å². The zero-order chi connectivity index (χ0) is 14.8. The molecule has 0 aromatic carbocycles. The molecule has 21 heavy (non-hydrogen) atoms. The third kappa shape index (κ3) is 2.87. The SMILES string of the molecule is COc1cnc(C)cc1C(=O)N1CC(N2CCOCC2)C1. The van der Waals surface area contributed by atoms with Crippen LogP contribution in [0.3, 0.4) is 0 Å². The number of pyridine rings is 1. The van der Waals surface area contributed by atoms with Crippen LogP contribution >= 0.6 is 0 Å². The van der Waals surface area contributed by atoms with E-state index in [4.69, 9.17) is 9.47 Å². The molecule has 0 saturated carbocycles. The van der Waals surface area contributed by atoms with Gasteiger partial charge in [0.25, 0.3) is 5.91 Å². The summed E-state index contributed by atoms with van der Waals surface area (Å²) in [5, 5.41) is 0. The van der Waals surface area contributed by atoms with Crippen molar-refractivity contribution in [1.29, 1.82) is 0 Å². The van der Waals surface area contributed by atoms with Gasteiger partial charge in [0.15, 0.2) is 0 Å². The number of nitrogens with zero attached hydrogens (tertiary/aromatic N) is 3. The van der Waals surface area contributed by atoms with Crippen molar-refractivity contribution < 1.29 is 14.3 Å². The lowest BCUT2D eigenvalue weighted by Crippen LogP contribution is -2.62. The van der Waals surface area contributed by atoms with Gasteiger partial charge in [0, 0.05) is 37.9 Å². The maximum absolute atomic E-state index is 12.6. The van der Waals surface area contributed by atoms with Gasteiger partial charge >= 0.3 is 0 Å². The van der Waals surface area contributed by atoms with Crippen LogP contribution in [0.4, 0.5) is 0 Å². The standard InChI is InChI=1S/C15H21N3O3/c1-11-7-13(14(20-2)8-16-11)15(19)18-9-12(10-18)17-3-5-21-6-4-17/h7-8,12H,3-6,9-10H2,1-2H3. The zero-order valence-corrected chi connectivity index (χ0v) is 12.5. The Kier molecular flexibility index (Phi) is 4.07. The summed E-state index contributed by atoms with van der Waals surface area (Å²) in [6, 6.07) is 2.26. The predicted octanol–water partition coefficient (Wildman–Crippen LogP) is 0.555. The van der Waals surface area contributed by atoms with E-state index in [2.05, 4.69) is 9.88 Å². The second kappa shape index (κ2) is 5.99. The maximum Gasteiger partial charge on any atom is 0.257 e. The van der Waals surface area contributed by atoms with Gasteiger partial charge in [0.2, 0.25) is 0 Å². The van der Waals surface area contributed by atoms with Crippen molar-refractivity contribution in [2.45, 2.75) is 13.0 Å². The Hall–Kier alpha value is -1.66. The van der Waals surface area contributed by atoms with E-state index in [1.54, 1.807) is 19.4 Å². The Labute approximate surface area is 124 Å². The molecule has 1 amide bonds. The fourth-order valence-electron chi connectivity index (χ4n) is 2.84. The molecule has 0 N–H and O–H groups in total. The summed E-state index contributed by atoms with van der Waals surface area (Å²) in [5.74, 6) is 0.572. The van der Waals surface area contributed by atoms with E-state index in [1.165, 1.54) is 0 Å². The van der Waals surface area contributed by atoms with Crippen molar-refractivity contribution in [3.05, 3.63) is 23.5 Å². The number of carbonyl (C=O) groups is 1. The number of ether oxygens (including phenoxy) is 2. The van der Waals surface area contributed by atoms with Gasteiger partial charge in [-0.2, -0.15) is 0 Å². The van der Waals surface area contributed by atoms with Gasteiger partial charge in [-0.1, -0.05) is 0 Å². The molecule has 2 fully saturated rings. The van der Waals surface area contributed by atoms with Crippen molar-refractivity contribution >= 4 is 5.91 Å².